The molecule has 4 heteroatoms. The molecule has 0 aromatic carbocycles. The van der Waals surface area contributed by atoms with Crippen molar-refractivity contribution in [2.45, 2.75) is 283 Å². The van der Waals surface area contributed by atoms with Crippen LogP contribution in [0.25, 0.3) is 0 Å². The van der Waals surface area contributed by atoms with E-state index in [2.05, 4.69) is 129 Å². The van der Waals surface area contributed by atoms with Crippen LogP contribution in [0.15, 0.2) is 122 Å². The average Bonchev–Trinajstić information content (AvgIpc) is 3.36. The summed E-state index contributed by atoms with van der Waals surface area (Å²) in [6.07, 6.45) is 92.3. The summed E-state index contributed by atoms with van der Waals surface area (Å²) < 4.78 is 0. The van der Waals surface area contributed by atoms with Crippen molar-refractivity contribution < 1.29 is 15.0 Å². The molecule has 4 nitrogen and oxygen atoms in total. The van der Waals surface area contributed by atoms with Crippen molar-refractivity contribution in [2.24, 2.45) is 0 Å². The molecule has 2 unspecified atom stereocenters. The molecule has 0 bridgehead atoms. The predicted molar refractivity (Wildman–Crippen MR) is 312 cm³/mol. The second-order valence-corrected chi connectivity index (χ2v) is 19.7. The Labute approximate surface area is 435 Å². The number of rotatable bonds is 53. The number of hydrogen-bond acceptors (Lipinski definition) is 3. The number of allylic oxidation sites excluding steroid dienone is 19. The van der Waals surface area contributed by atoms with E-state index in [9.17, 15) is 15.0 Å². The highest BCUT2D eigenvalue weighted by atomic mass is 16.3. The molecule has 0 aliphatic rings. The smallest absolute Gasteiger partial charge is 0.220 e. The van der Waals surface area contributed by atoms with Gasteiger partial charge in [-0.15, -0.1) is 0 Å². The van der Waals surface area contributed by atoms with Gasteiger partial charge in [0.1, 0.15) is 0 Å². The van der Waals surface area contributed by atoms with Crippen LogP contribution < -0.4 is 5.32 Å². The van der Waals surface area contributed by atoms with E-state index in [-0.39, 0.29) is 12.5 Å². The third-order valence-corrected chi connectivity index (χ3v) is 13.0. The number of amides is 1. The van der Waals surface area contributed by atoms with Gasteiger partial charge in [-0.25, -0.2) is 0 Å². The number of aliphatic hydroxyl groups is 2. The number of nitrogens with one attached hydrogen (secondary N) is 1. The summed E-state index contributed by atoms with van der Waals surface area (Å²) in [5.41, 5.74) is 0. The van der Waals surface area contributed by atoms with Gasteiger partial charge in [-0.3, -0.25) is 4.79 Å². The number of carbonyl (C=O) groups is 1. The molecule has 70 heavy (non-hydrogen) atoms. The largest absolute Gasteiger partial charge is 0.394 e. The third-order valence-electron chi connectivity index (χ3n) is 13.0. The van der Waals surface area contributed by atoms with E-state index < -0.39 is 12.1 Å². The predicted octanol–water partition coefficient (Wildman–Crippen LogP) is 20.0. The number of aliphatic hydroxyl groups excluding tert-OH is 2. The van der Waals surface area contributed by atoms with E-state index in [0.29, 0.717) is 6.42 Å². The molecule has 0 saturated carbocycles. The van der Waals surface area contributed by atoms with Crippen LogP contribution in [0.4, 0.5) is 0 Å². The standard InChI is InChI=1S/C66H113NO3/c1-3-5-7-9-11-13-15-17-19-21-23-25-27-29-31-33-35-37-39-41-43-45-47-49-51-53-55-57-59-61-65(69)64(63-68)67-66(70)62-60-58-56-54-52-50-48-46-44-42-40-38-36-34-32-30-28-26-24-22-20-18-16-14-12-10-8-6-4-2/h6,8,12,14,18,20,24,26,30,32,36,38,42,44,48,50,54,56,59,61,64-65,68-69H,3-5,7,9-11,13,15-17,19,21-23,25,27-29,31,33-35,37,39-41,43,45-47,49,51-53,55,57-58,60,62-63H2,1-2H3,(H,67,70)/b8-6-,14-12-,20-18-,26-24-,32-30-,38-36-,44-42-,50-48-,56-54-,61-59+. The molecule has 0 heterocycles. The molecule has 0 aliphatic heterocycles. The quantitative estimate of drug-likeness (QED) is 0.0420. The molecule has 2 atom stereocenters. The van der Waals surface area contributed by atoms with Crippen molar-refractivity contribution in [3.63, 3.8) is 0 Å². The summed E-state index contributed by atoms with van der Waals surface area (Å²) in [5, 5.41) is 23.2. The lowest BCUT2D eigenvalue weighted by Gasteiger charge is -2.19. The Morgan fingerprint density at radius 1 is 0.357 bits per heavy atom. The maximum absolute atomic E-state index is 12.5. The zero-order valence-corrected chi connectivity index (χ0v) is 46.0. The highest BCUT2D eigenvalue weighted by Crippen LogP contribution is 2.17. The van der Waals surface area contributed by atoms with Crippen molar-refractivity contribution in [1.82, 2.24) is 5.32 Å². The van der Waals surface area contributed by atoms with Crippen LogP contribution in [0.5, 0.6) is 0 Å². The zero-order valence-electron chi connectivity index (χ0n) is 46.0. The fraction of sp³-hybridized carbons (Fsp3) is 0.682. The summed E-state index contributed by atoms with van der Waals surface area (Å²) in [7, 11) is 0. The zero-order chi connectivity index (χ0) is 50.6. The maximum Gasteiger partial charge on any atom is 0.220 e. The lowest BCUT2D eigenvalue weighted by Crippen LogP contribution is -2.45. The Bertz CT molecular complexity index is 1380. The van der Waals surface area contributed by atoms with Crippen LogP contribution >= 0.6 is 0 Å². The van der Waals surface area contributed by atoms with Crippen LogP contribution in [-0.2, 0) is 4.79 Å². The molecule has 0 saturated heterocycles. The minimum Gasteiger partial charge on any atom is -0.394 e. The summed E-state index contributed by atoms with van der Waals surface area (Å²) in [5.74, 6) is -0.124. The number of carbonyl (C=O) groups excluding carboxylic acids is 1. The van der Waals surface area contributed by atoms with E-state index in [1.54, 1.807) is 6.08 Å². The van der Waals surface area contributed by atoms with Crippen molar-refractivity contribution in [1.29, 1.82) is 0 Å². The van der Waals surface area contributed by atoms with Crippen molar-refractivity contribution in [3.05, 3.63) is 122 Å². The van der Waals surface area contributed by atoms with Crippen LogP contribution in [0.2, 0.25) is 0 Å². The van der Waals surface area contributed by atoms with Crippen LogP contribution in [0.1, 0.15) is 271 Å². The average molecular weight is 969 g/mol. The molecule has 3 N–H and O–H groups in total. The first-order valence-electron chi connectivity index (χ1n) is 29.7. The van der Waals surface area contributed by atoms with Crippen LogP contribution in [-0.4, -0.2) is 34.9 Å². The Kier molecular flexibility index (Phi) is 57.3. The molecular weight excluding hydrogens is 855 g/mol. The van der Waals surface area contributed by atoms with Gasteiger partial charge in [-0.05, 0) is 83.5 Å². The van der Waals surface area contributed by atoms with E-state index >= 15 is 0 Å². The molecular formula is C66H113NO3. The third kappa shape index (κ3) is 55.7. The maximum atomic E-state index is 12.5. The second-order valence-electron chi connectivity index (χ2n) is 19.7. The summed E-state index contributed by atoms with van der Waals surface area (Å²) in [4.78, 5) is 12.5. The highest BCUT2D eigenvalue weighted by Gasteiger charge is 2.17. The normalized spacial score (nSPS) is 13.7. The fourth-order valence-electron chi connectivity index (χ4n) is 8.48. The van der Waals surface area contributed by atoms with Gasteiger partial charge in [0.05, 0.1) is 18.8 Å². The number of hydrogen-bond donors (Lipinski definition) is 3. The first-order valence-corrected chi connectivity index (χ1v) is 29.7. The molecule has 0 fully saturated rings. The lowest BCUT2D eigenvalue weighted by molar-refractivity contribution is -0.122. The topological polar surface area (TPSA) is 69.6 Å². The van der Waals surface area contributed by atoms with Gasteiger partial charge in [-0.1, -0.05) is 302 Å². The molecule has 0 aromatic rings. The Hall–Kier alpha value is -3.21. The summed E-state index contributed by atoms with van der Waals surface area (Å²) >= 11 is 0. The van der Waals surface area contributed by atoms with Gasteiger partial charge >= 0.3 is 0 Å². The van der Waals surface area contributed by atoms with Gasteiger partial charge < -0.3 is 15.5 Å². The Morgan fingerprint density at radius 3 is 0.929 bits per heavy atom. The van der Waals surface area contributed by atoms with Gasteiger partial charge in [0, 0.05) is 6.42 Å². The minimum absolute atomic E-state index is 0.124. The van der Waals surface area contributed by atoms with Gasteiger partial charge in [-0.2, -0.15) is 0 Å². The summed E-state index contributed by atoms with van der Waals surface area (Å²) in [6.45, 7) is 4.18. The summed E-state index contributed by atoms with van der Waals surface area (Å²) in [6, 6.07) is -0.664. The Balaban J connectivity index is 3.64. The van der Waals surface area contributed by atoms with Crippen molar-refractivity contribution in [3.8, 4) is 0 Å². The lowest BCUT2D eigenvalue weighted by atomic mass is 10.0. The molecule has 400 valence electrons. The first-order chi connectivity index (χ1) is 34.7. The van der Waals surface area contributed by atoms with E-state index in [1.807, 2.05) is 6.08 Å². The fourth-order valence-corrected chi connectivity index (χ4v) is 8.48. The Morgan fingerprint density at radius 2 is 0.629 bits per heavy atom. The molecule has 1 amide bonds. The molecule has 0 aromatic heterocycles. The van der Waals surface area contributed by atoms with Gasteiger partial charge in [0.2, 0.25) is 5.91 Å². The number of unbranched alkanes of at least 4 members (excludes halogenated alkanes) is 28. The van der Waals surface area contributed by atoms with Crippen LogP contribution in [0.3, 0.4) is 0 Å². The first kappa shape index (κ1) is 66.8. The molecule has 0 rings (SSSR count). The van der Waals surface area contributed by atoms with E-state index in [0.717, 1.165) is 83.5 Å². The van der Waals surface area contributed by atoms with Gasteiger partial charge in [0.25, 0.3) is 0 Å². The second kappa shape index (κ2) is 60.1. The minimum atomic E-state index is -0.874. The monoisotopic (exact) mass is 968 g/mol. The van der Waals surface area contributed by atoms with E-state index in [4.69, 9.17) is 0 Å². The SMILES string of the molecule is CC/C=C\C/C=C\C/C=C\C/C=C\C/C=C\C/C=C\C/C=C\C/C=C\C/C=C\CCCC(=O)NC(CO)C(O)/C=C/CCCCCCCCCCCCCCCCCCCCCCCCCCCCC. The molecule has 0 spiro atoms. The highest BCUT2D eigenvalue weighted by molar-refractivity contribution is 5.76. The van der Waals surface area contributed by atoms with Gasteiger partial charge in [0.15, 0.2) is 0 Å². The van der Waals surface area contributed by atoms with E-state index in [1.165, 1.54) is 167 Å². The van der Waals surface area contributed by atoms with Crippen molar-refractivity contribution >= 4 is 5.91 Å². The van der Waals surface area contributed by atoms with Crippen molar-refractivity contribution in [2.75, 3.05) is 6.61 Å². The molecule has 0 radical (unpaired) electrons. The van der Waals surface area contributed by atoms with Crippen LogP contribution in [0, 0.1) is 0 Å². The molecule has 0 aliphatic carbocycles.